The van der Waals surface area contributed by atoms with E-state index in [1.807, 2.05) is 11.0 Å². The van der Waals surface area contributed by atoms with Gasteiger partial charge in [-0.1, -0.05) is 25.1 Å². The molecule has 102 valence electrons. The number of fused-ring (bicyclic) bond motifs is 1. The van der Waals surface area contributed by atoms with E-state index in [9.17, 15) is 4.79 Å². The van der Waals surface area contributed by atoms with Crippen molar-refractivity contribution in [2.24, 2.45) is 5.41 Å². The van der Waals surface area contributed by atoms with Gasteiger partial charge in [0.05, 0.1) is 5.41 Å². The molecule has 0 saturated carbocycles. The van der Waals surface area contributed by atoms with Gasteiger partial charge in [0.25, 0.3) is 0 Å². The van der Waals surface area contributed by atoms with Crippen LogP contribution in [0, 0.1) is 5.41 Å². The summed E-state index contributed by atoms with van der Waals surface area (Å²) in [6.45, 7) is 6.08. The number of nitrogens with one attached hydrogen (secondary N) is 1. The molecule has 2 aliphatic heterocycles. The van der Waals surface area contributed by atoms with Gasteiger partial charge in [0.2, 0.25) is 5.91 Å². The summed E-state index contributed by atoms with van der Waals surface area (Å²) in [6, 6.07) is 8.61. The zero-order valence-corrected chi connectivity index (χ0v) is 11.8. The van der Waals surface area contributed by atoms with Gasteiger partial charge in [-0.15, -0.1) is 0 Å². The van der Waals surface area contributed by atoms with E-state index in [4.69, 9.17) is 0 Å². The number of nitrogens with zero attached hydrogens (tertiary/aromatic N) is 1. The van der Waals surface area contributed by atoms with Crippen LogP contribution in [0.25, 0.3) is 0 Å². The van der Waals surface area contributed by atoms with Crippen LogP contribution in [-0.2, 0) is 11.2 Å². The number of hydrogen-bond acceptors (Lipinski definition) is 2. The number of hydrogen-bond donors (Lipinski definition) is 1. The van der Waals surface area contributed by atoms with E-state index >= 15 is 0 Å². The van der Waals surface area contributed by atoms with Crippen LogP contribution in [0.3, 0.4) is 0 Å². The van der Waals surface area contributed by atoms with Gasteiger partial charge >= 0.3 is 0 Å². The molecule has 1 N–H and O–H groups in total. The van der Waals surface area contributed by atoms with Crippen molar-refractivity contribution in [3.63, 3.8) is 0 Å². The Morgan fingerprint density at radius 3 is 2.95 bits per heavy atom. The van der Waals surface area contributed by atoms with Crippen LogP contribution in [0.2, 0.25) is 0 Å². The lowest BCUT2D eigenvalue weighted by molar-refractivity contribution is -0.127. The van der Waals surface area contributed by atoms with Gasteiger partial charge in [-0.25, -0.2) is 0 Å². The summed E-state index contributed by atoms with van der Waals surface area (Å²) in [5.41, 5.74) is 2.24. The zero-order valence-electron chi connectivity index (χ0n) is 11.8. The minimum atomic E-state index is -0.189. The molecule has 3 nitrogen and oxygen atoms in total. The Hall–Kier alpha value is -1.35. The van der Waals surface area contributed by atoms with Crippen molar-refractivity contribution in [1.82, 2.24) is 5.32 Å². The number of amides is 1. The topological polar surface area (TPSA) is 32.3 Å². The standard InChI is InChI=1S/C16H22N2O/c1-3-16(8-9-17-11-16)15(19)18-12(2)10-13-6-4-5-7-14(13)18/h4-7,12,17H,3,8-11H2,1-2H3. The molecule has 1 aromatic carbocycles. The van der Waals surface area contributed by atoms with Crippen molar-refractivity contribution in [3.05, 3.63) is 29.8 Å². The van der Waals surface area contributed by atoms with Gasteiger partial charge in [-0.2, -0.15) is 0 Å². The van der Waals surface area contributed by atoms with E-state index in [1.54, 1.807) is 0 Å². The molecule has 3 heteroatoms. The fourth-order valence-corrected chi connectivity index (χ4v) is 3.51. The lowest BCUT2D eigenvalue weighted by Gasteiger charge is -2.33. The summed E-state index contributed by atoms with van der Waals surface area (Å²) in [4.78, 5) is 15.1. The molecule has 0 bridgehead atoms. The lowest BCUT2D eigenvalue weighted by atomic mass is 9.82. The molecule has 1 saturated heterocycles. The van der Waals surface area contributed by atoms with E-state index in [1.165, 1.54) is 5.56 Å². The average Bonchev–Trinajstić information content (AvgIpc) is 3.02. The molecule has 3 rings (SSSR count). The van der Waals surface area contributed by atoms with Gasteiger partial charge in [-0.3, -0.25) is 4.79 Å². The van der Waals surface area contributed by atoms with Crippen molar-refractivity contribution >= 4 is 11.6 Å². The van der Waals surface area contributed by atoms with Gasteiger partial charge in [0.15, 0.2) is 0 Å². The largest absolute Gasteiger partial charge is 0.316 e. The van der Waals surface area contributed by atoms with Gasteiger partial charge < -0.3 is 10.2 Å². The molecule has 2 unspecified atom stereocenters. The monoisotopic (exact) mass is 258 g/mol. The first-order valence-corrected chi connectivity index (χ1v) is 7.30. The van der Waals surface area contributed by atoms with Gasteiger partial charge in [0, 0.05) is 18.3 Å². The predicted octanol–water partition coefficient (Wildman–Crippen LogP) is 2.35. The highest BCUT2D eigenvalue weighted by Crippen LogP contribution is 2.39. The third-order valence-electron chi connectivity index (χ3n) is 4.80. The van der Waals surface area contributed by atoms with E-state index in [0.717, 1.165) is 38.0 Å². The molecule has 19 heavy (non-hydrogen) atoms. The number of rotatable bonds is 2. The summed E-state index contributed by atoms with van der Waals surface area (Å²) in [5, 5.41) is 3.36. The number of benzene rings is 1. The first-order chi connectivity index (χ1) is 9.18. The first-order valence-electron chi connectivity index (χ1n) is 7.30. The third-order valence-corrected chi connectivity index (χ3v) is 4.80. The molecule has 0 spiro atoms. The summed E-state index contributed by atoms with van der Waals surface area (Å²) in [6.07, 6.45) is 2.87. The second-order valence-electron chi connectivity index (χ2n) is 5.92. The lowest BCUT2D eigenvalue weighted by Crippen LogP contribution is -2.47. The Morgan fingerprint density at radius 1 is 1.47 bits per heavy atom. The highest BCUT2D eigenvalue weighted by Gasteiger charge is 2.45. The number of para-hydroxylation sites is 1. The molecule has 1 aromatic rings. The molecule has 1 fully saturated rings. The van der Waals surface area contributed by atoms with Crippen LogP contribution < -0.4 is 10.2 Å². The summed E-state index contributed by atoms with van der Waals surface area (Å²) >= 11 is 0. The molecule has 2 heterocycles. The maximum atomic E-state index is 13.1. The Labute approximate surface area is 115 Å². The Morgan fingerprint density at radius 2 is 2.26 bits per heavy atom. The molecule has 0 radical (unpaired) electrons. The van der Waals surface area contributed by atoms with E-state index in [-0.39, 0.29) is 11.5 Å². The molecular weight excluding hydrogens is 236 g/mol. The molecular formula is C16H22N2O. The minimum Gasteiger partial charge on any atom is -0.316 e. The predicted molar refractivity (Wildman–Crippen MR) is 77.3 cm³/mol. The summed E-state index contributed by atoms with van der Waals surface area (Å²) in [5.74, 6) is 0.317. The van der Waals surface area contributed by atoms with Crippen molar-refractivity contribution in [2.45, 2.75) is 39.2 Å². The number of carbonyl (C=O) groups is 1. The van der Waals surface area contributed by atoms with E-state index < -0.39 is 0 Å². The van der Waals surface area contributed by atoms with Crippen LogP contribution in [0.5, 0.6) is 0 Å². The Kier molecular flexibility index (Phi) is 3.09. The van der Waals surface area contributed by atoms with Crippen LogP contribution in [0.15, 0.2) is 24.3 Å². The van der Waals surface area contributed by atoms with Crippen molar-refractivity contribution in [3.8, 4) is 0 Å². The van der Waals surface area contributed by atoms with Crippen molar-refractivity contribution < 1.29 is 4.79 Å². The smallest absolute Gasteiger partial charge is 0.234 e. The SMILES string of the molecule is CCC1(C(=O)N2c3ccccc3CC2C)CCNC1. The fraction of sp³-hybridized carbons (Fsp3) is 0.562. The van der Waals surface area contributed by atoms with E-state index in [2.05, 4.69) is 37.4 Å². The fourth-order valence-electron chi connectivity index (χ4n) is 3.51. The van der Waals surface area contributed by atoms with Crippen LogP contribution in [0.1, 0.15) is 32.3 Å². The van der Waals surface area contributed by atoms with Crippen LogP contribution >= 0.6 is 0 Å². The minimum absolute atomic E-state index is 0.189. The van der Waals surface area contributed by atoms with E-state index in [0.29, 0.717) is 5.91 Å². The Bertz CT molecular complexity index is 491. The molecule has 1 amide bonds. The van der Waals surface area contributed by atoms with Gasteiger partial charge in [-0.05, 0) is 44.4 Å². The van der Waals surface area contributed by atoms with Crippen molar-refractivity contribution in [2.75, 3.05) is 18.0 Å². The molecule has 2 aliphatic rings. The summed E-state index contributed by atoms with van der Waals surface area (Å²) < 4.78 is 0. The Balaban J connectivity index is 1.96. The normalized spacial score (nSPS) is 29.6. The molecule has 0 aromatic heterocycles. The third kappa shape index (κ3) is 1.88. The quantitative estimate of drug-likeness (QED) is 0.883. The highest BCUT2D eigenvalue weighted by atomic mass is 16.2. The van der Waals surface area contributed by atoms with Crippen LogP contribution in [0.4, 0.5) is 5.69 Å². The van der Waals surface area contributed by atoms with Crippen molar-refractivity contribution in [1.29, 1.82) is 0 Å². The highest BCUT2D eigenvalue weighted by molar-refractivity contribution is 6.00. The second kappa shape index (κ2) is 4.64. The average molecular weight is 258 g/mol. The summed E-state index contributed by atoms with van der Waals surface area (Å²) in [7, 11) is 0. The molecule has 0 aliphatic carbocycles. The maximum absolute atomic E-state index is 13.1. The maximum Gasteiger partial charge on any atom is 0.234 e. The first kappa shape index (κ1) is 12.7. The number of anilines is 1. The van der Waals surface area contributed by atoms with Crippen LogP contribution in [-0.4, -0.2) is 25.0 Å². The van der Waals surface area contributed by atoms with Gasteiger partial charge in [0.1, 0.15) is 0 Å². The second-order valence-corrected chi connectivity index (χ2v) is 5.92. The molecule has 2 atom stereocenters. The zero-order chi connectivity index (χ0) is 13.5. The number of carbonyl (C=O) groups excluding carboxylic acids is 1.